The van der Waals surface area contributed by atoms with Crippen molar-refractivity contribution in [2.45, 2.75) is 6.04 Å². The van der Waals surface area contributed by atoms with Crippen molar-refractivity contribution < 1.29 is 4.74 Å². The molecule has 2 heterocycles. The van der Waals surface area contributed by atoms with E-state index in [1.165, 1.54) is 0 Å². The van der Waals surface area contributed by atoms with E-state index in [9.17, 15) is 0 Å². The van der Waals surface area contributed by atoms with Crippen molar-refractivity contribution >= 4 is 48.1 Å². The summed E-state index contributed by atoms with van der Waals surface area (Å²) in [5.74, 6) is 1.53. The first-order valence-electron chi connectivity index (χ1n) is 7.68. The zero-order chi connectivity index (χ0) is 16.1. The van der Waals surface area contributed by atoms with Crippen molar-refractivity contribution in [2.75, 3.05) is 50.1 Å². The highest BCUT2D eigenvalue weighted by Gasteiger charge is 2.20. The molecule has 3 N–H and O–H groups in total. The Bertz CT molecular complexity index is 618. The van der Waals surface area contributed by atoms with E-state index in [1.807, 2.05) is 31.3 Å². The lowest BCUT2D eigenvalue weighted by Crippen LogP contribution is -2.37. The smallest absolute Gasteiger partial charge is 0.244 e. The van der Waals surface area contributed by atoms with Crippen molar-refractivity contribution in [3.8, 4) is 0 Å². The number of aromatic amines is 1. The van der Waals surface area contributed by atoms with Crippen LogP contribution in [0.15, 0.2) is 24.3 Å². The van der Waals surface area contributed by atoms with Crippen molar-refractivity contribution in [1.29, 1.82) is 0 Å². The monoisotopic (exact) mass is 408 g/mol. The van der Waals surface area contributed by atoms with Gasteiger partial charge in [-0.25, -0.2) is 0 Å². The largest absolute Gasteiger partial charge is 0.378 e. The second-order valence-corrected chi connectivity index (χ2v) is 5.82. The summed E-state index contributed by atoms with van der Waals surface area (Å²) >= 11 is 5.93. The Hall–Kier alpha value is -1.25. The van der Waals surface area contributed by atoms with Crippen LogP contribution in [0.5, 0.6) is 0 Å². The van der Waals surface area contributed by atoms with Gasteiger partial charge >= 0.3 is 0 Å². The van der Waals surface area contributed by atoms with Gasteiger partial charge in [0.15, 0.2) is 0 Å². The average molecular weight is 410 g/mol. The number of halogens is 3. The van der Waals surface area contributed by atoms with Crippen LogP contribution in [0.4, 0.5) is 11.6 Å². The molecule has 1 aromatic heterocycles. The van der Waals surface area contributed by atoms with E-state index in [0.717, 1.165) is 42.1 Å². The van der Waals surface area contributed by atoms with Gasteiger partial charge in [-0.2, -0.15) is 4.98 Å². The predicted octanol–water partition coefficient (Wildman–Crippen LogP) is 2.51. The third-order valence-corrected chi connectivity index (χ3v) is 3.96. The predicted molar refractivity (Wildman–Crippen MR) is 106 cm³/mol. The standard InChI is InChI=1S/C15H21ClN6O.2ClH/c1-17-10-13(18-12-4-2-11(16)3-5-12)14-19-15(21-20-14)22-6-8-23-9-7-22;;/h2-5,13,17-18H,6-10H2,1H3,(H,19,20,21);2*1H. The Morgan fingerprint density at radius 2 is 1.92 bits per heavy atom. The maximum Gasteiger partial charge on any atom is 0.244 e. The van der Waals surface area contributed by atoms with Gasteiger partial charge in [-0.05, 0) is 31.3 Å². The summed E-state index contributed by atoms with van der Waals surface area (Å²) in [5.41, 5.74) is 0.985. The molecule has 0 aliphatic carbocycles. The van der Waals surface area contributed by atoms with Crippen LogP contribution in [-0.2, 0) is 4.74 Å². The van der Waals surface area contributed by atoms with Crippen LogP contribution >= 0.6 is 36.4 Å². The minimum Gasteiger partial charge on any atom is -0.378 e. The summed E-state index contributed by atoms with van der Waals surface area (Å²) in [4.78, 5) is 6.77. The summed E-state index contributed by atoms with van der Waals surface area (Å²) in [5, 5.41) is 14.7. The number of rotatable bonds is 6. The molecule has 7 nitrogen and oxygen atoms in total. The Morgan fingerprint density at radius 3 is 2.56 bits per heavy atom. The summed E-state index contributed by atoms with van der Waals surface area (Å²) in [7, 11) is 1.91. The van der Waals surface area contributed by atoms with Gasteiger partial charge in [-0.3, -0.25) is 5.10 Å². The third-order valence-electron chi connectivity index (χ3n) is 3.71. The number of nitrogens with zero attached hydrogens (tertiary/aromatic N) is 3. The van der Waals surface area contributed by atoms with Crippen LogP contribution in [0.25, 0.3) is 0 Å². The van der Waals surface area contributed by atoms with Crippen LogP contribution in [-0.4, -0.2) is 55.1 Å². The van der Waals surface area contributed by atoms with E-state index < -0.39 is 0 Å². The van der Waals surface area contributed by atoms with E-state index in [4.69, 9.17) is 16.3 Å². The number of benzene rings is 1. The molecule has 0 radical (unpaired) electrons. The maximum atomic E-state index is 5.93. The SMILES string of the molecule is CNCC(Nc1ccc(Cl)cc1)c1nc(N2CCOCC2)n[nH]1.Cl.Cl. The summed E-state index contributed by atoms with van der Waals surface area (Å²) in [6.45, 7) is 3.79. The molecule has 0 saturated carbocycles. The van der Waals surface area contributed by atoms with Crippen LogP contribution < -0.4 is 15.5 Å². The fraction of sp³-hybridized carbons (Fsp3) is 0.467. The molecule has 1 unspecified atom stereocenters. The first kappa shape index (κ1) is 21.8. The Kier molecular flexibility index (Phi) is 9.31. The molecule has 0 spiro atoms. The molecule has 1 aromatic carbocycles. The van der Waals surface area contributed by atoms with Gasteiger partial charge in [0.2, 0.25) is 5.95 Å². The van der Waals surface area contributed by atoms with Gasteiger partial charge in [0.25, 0.3) is 0 Å². The summed E-state index contributed by atoms with van der Waals surface area (Å²) in [6.07, 6.45) is 0. The molecule has 140 valence electrons. The molecule has 25 heavy (non-hydrogen) atoms. The van der Waals surface area contributed by atoms with E-state index in [0.29, 0.717) is 13.2 Å². The van der Waals surface area contributed by atoms with Crippen molar-refractivity contribution in [3.05, 3.63) is 35.1 Å². The number of ether oxygens (including phenoxy) is 1. The first-order valence-corrected chi connectivity index (χ1v) is 8.06. The van der Waals surface area contributed by atoms with Crippen molar-refractivity contribution in [2.24, 2.45) is 0 Å². The number of morpholine rings is 1. The van der Waals surface area contributed by atoms with Gasteiger partial charge in [0, 0.05) is 30.3 Å². The lowest BCUT2D eigenvalue weighted by Gasteiger charge is -2.25. The van der Waals surface area contributed by atoms with Gasteiger partial charge in [0.05, 0.1) is 19.3 Å². The lowest BCUT2D eigenvalue weighted by molar-refractivity contribution is 0.122. The second-order valence-electron chi connectivity index (χ2n) is 5.38. The van der Waals surface area contributed by atoms with Crippen molar-refractivity contribution in [3.63, 3.8) is 0 Å². The average Bonchev–Trinajstić information content (AvgIpc) is 3.07. The number of hydrogen-bond acceptors (Lipinski definition) is 6. The molecule has 10 heteroatoms. The van der Waals surface area contributed by atoms with E-state index >= 15 is 0 Å². The summed E-state index contributed by atoms with van der Waals surface area (Å²) in [6, 6.07) is 7.61. The number of nitrogens with one attached hydrogen (secondary N) is 3. The quantitative estimate of drug-likeness (QED) is 0.680. The normalized spacial score (nSPS) is 15.0. The maximum absolute atomic E-state index is 5.93. The third kappa shape index (κ3) is 5.90. The Labute approximate surface area is 164 Å². The topological polar surface area (TPSA) is 78.1 Å². The molecule has 1 aliphatic rings. The molecule has 2 aromatic rings. The highest BCUT2D eigenvalue weighted by Crippen LogP contribution is 2.20. The van der Waals surface area contributed by atoms with Crippen LogP contribution in [0.1, 0.15) is 11.9 Å². The first-order chi connectivity index (χ1) is 11.3. The van der Waals surface area contributed by atoms with E-state index in [1.54, 1.807) is 0 Å². The van der Waals surface area contributed by atoms with Gasteiger partial charge in [-0.1, -0.05) is 11.6 Å². The van der Waals surface area contributed by atoms with Gasteiger partial charge in [0.1, 0.15) is 5.82 Å². The molecule has 0 bridgehead atoms. The van der Waals surface area contributed by atoms with E-state index in [2.05, 4.69) is 30.7 Å². The van der Waals surface area contributed by atoms with Crippen LogP contribution in [0.2, 0.25) is 5.02 Å². The highest BCUT2D eigenvalue weighted by atomic mass is 35.5. The Morgan fingerprint density at radius 1 is 1.24 bits per heavy atom. The zero-order valence-electron chi connectivity index (χ0n) is 13.9. The molecule has 1 aliphatic heterocycles. The van der Waals surface area contributed by atoms with Gasteiger partial charge in [-0.15, -0.1) is 29.9 Å². The second kappa shape index (κ2) is 10.7. The number of likely N-dealkylation sites (N-methyl/N-ethyl adjacent to an activating group) is 1. The number of anilines is 2. The van der Waals surface area contributed by atoms with Crippen LogP contribution in [0, 0.1) is 0 Å². The number of aromatic nitrogens is 3. The highest BCUT2D eigenvalue weighted by molar-refractivity contribution is 6.30. The summed E-state index contributed by atoms with van der Waals surface area (Å²) < 4.78 is 5.36. The Balaban J connectivity index is 0.00000156. The van der Waals surface area contributed by atoms with Gasteiger partial charge < -0.3 is 20.3 Å². The molecule has 1 saturated heterocycles. The number of H-pyrrole nitrogens is 1. The minimum absolute atomic E-state index is 0. The zero-order valence-corrected chi connectivity index (χ0v) is 16.3. The molecule has 3 rings (SSSR count). The molecule has 1 atom stereocenters. The van der Waals surface area contributed by atoms with Crippen molar-refractivity contribution in [1.82, 2.24) is 20.5 Å². The molecule has 1 fully saturated rings. The fourth-order valence-electron chi connectivity index (χ4n) is 2.49. The number of hydrogen-bond donors (Lipinski definition) is 3. The fourth-order valence-corrected chi connectivity index (χ4v) is 2.62. The van der Waals surface area contributed by atoms with Crippen LogP contribution in [0.3, 0.4) is 0 Å². The molecular weight excluding hydrogens is 387 g/mol. The molecule has 0 amide bonds. The molecular formula is C15H23Cl3N6O. The minimum atomic E-state index is -0.0107. The lowest BCUT2D eigenvalue weighted by atomic mass is 10.2. The van der Waals surface area contributed by atoms with E-state index in [-0.39, 0.29) is 30.9 Å².